The molecule has 2 aromatic rings. The largest absolute Gasteiger partial charge is 0.508 e. The van der Waals surface area contributed by atoms with E-state index in [1.165, 1.54) is 12.1 Å². The van der Waals surface area contributed by atoms with Gasteiger partial charge in [0, 0.05) is 25.1 Å². The summed E-state index contributed by atoms with van der Waals surface area (Å²) >= 11 is 0. The summed E-state index contributed by atoms with van der Waals surface area (Å²) in [5, 5.41) is 19.4. The molecule has 0 bridgehead atoms. The minimum absolute atomic E-state index is 0.0336. The highest BCUT2D eigenvalue weighted by Crippen LogP contribution is 2.31. The van der Waals surface area contributed by atoms with Crippen LogP contribution >= 0.6 is 0 Å². The van der Waals surface area contributed by atoms with E-state index in [1.807, 2.05) is 0 Å². The first-order chi connectivity index (χ1) is 14.7. The molecule has 31 heavy (non-hydrogen) atoms. The van der Waals surface area contributed by atoms with E-state index in [2.05, 4.69) is 9.12 Å². The molecular weight excluding hydrogens is 424 g/mol. The zero-order valence-corrected chi connectivity index (χ0v) is 17.3. The molecule has 2 aliphatic heterocycles. The fourth-order valence-corrected chi connectivity index (χ4v) is 4.65. The Labute approximate surface area is 179 Å². The molecule has 2 aromatic carbocycles. The van der Waals surface area contributed by atoms with Crippen LogP contribution in [0.3, 0.4) is 0 Å². The van der Waals surface area contributed by atoms with E-state index < -0.39 is 10.2 Å². The first kappa shape index (κ1) is 20.8. The van der Waals surface area contributed by atoms with Gasteiger partial charge in [-0.05, 0) is 37.1 Å². The highest BCUT2D eigenvalue weighted by Gasteiger charge is 2.28. The number of piperidine rings is 1. The van der Waals surface area contributed by atoms with Crippen molar-refractivity contribution in [1.29, 1.82) is 0 Å². The molecule has 11 heteroatoms. The SMILES string of the molecule is NC1=NS(=O)(=O)Nc2cccc(OCC3CCCN(C(=O)c4ccc(O)cc4O)C3)c21. The third-order valence-electron chi connectivity index (χ3n) is 5.23. The quantitative estimate of drug-likeness (QED) is 0.553. The monoisotopic (exact) mass is 446 g/mol. The molecule has 1 unspecified atom stereocenters. The van der Waals surface area contributed by atoms with Crippen LogP contribution in [-0.2, 0) is 10.2 Å². The minimum atomic E-state index is -3.87. The molecule has 0 radical (unpaired) electrons. The normalized spacial score (nSPS) is 19.7. The van der Waals surface area contributed by atoms with Crippen molar-refractivity contribution < 1.29 is 28.2 Å². The smallest absolute Gasteiger partial charge is 0.344 e. The summed E-state index contributed by atoms with van der Waals surface area (Å²) in [6.45, 7) is 1.28. The molecule has 4 rings (SSSR count). The number of rotatable bonds is 4. The van der Waals surface area contributed by atoms with Gasteiger partial charge in [0.05, 0.1) is 23.4 Å². The number of nitrogens with one attached hydrogen (secondary N) is 1. The molecule has 1 amide bonds. The van der Waals surface area contributed by atoms with E-state index in [9.17, 15) is 23.4 Å². The molecule has 5 N–H and O–H groups in total. The summed E-state index contributed by atoms with van der Waals surface area (Å²) in [4.78, 5) is 14.4. The predicted molar refractivity (Wildman–Crippen MR) is 114 cm³/mol. The second-order valence-electron chi connectivity index (χ2n) is 7.50. The number of phenols is 2. The maximum absolute atomic E-state index is 12.8. The van der Waals surface area contributed by atoms with Crippen molar-refractivity contribution in [2.75, 3.05) is 24.4 Å². The zero-order valence-electron chi connectivity index (χ0n) is 16.5. The molecule has 0 aromatic heterocycles. The summed E-state index contributed by atoms with van der Waals surface area (Å²) in [6, 6.07) is 8.80. The number of carbonyl (C=O) groups is 1. The lowest BCUT2D eigenvalue weighted by atomic mass is 9.98. The van der Waals surface area contributed by atoms with E-state index in [0.29, 0.717) is 36.7 Å². The number of amidine groups is 1. The third-order valence-corrected chi connectivity index (χ3v) is 6.15. The van der Waals surface area contributed by atoms with Gasteiger partial charge in [-0.25, -0.2) is 0 Å². The van der Waals surface area contributed by atoms with Crippen molar-refractivity contribution >= 4 is 27.6 Å². The number of ether oxygens (including phenoxy) is 1. The van der Waals surface area contributed by atoms with Crippen LogP contribution in [0.5, 0.6) is 17.2 Å². The molecule has 2 heterocycles. The summed E-state index contributed by atoms with van der Waals surface area (Å²) in [5.41, 5.74) is 6.65. The highest BCUT2D eigenvalue weighted by atomic mass is 32.2. The molecule has 1 atom stereocenters. The molecule has 0 saturated carbocycles. The number of anilines is 1. The molecule has 0 spiro atoms. The Bertz CT molecular complexity index is 1160. The molecule has 1 saturated heterocycles. The van der Waals surface area contributed by atoms with Gasteiger partial charge in [-0.1, -0.05) is 6.07 Å². The van der Waals surface area contributed by atoms with Gasteiger partial charge in [0.1, 0.15) is 17.2 Å². The van der Waals surface area contributed by atoms with Gasteiger partial charge in [-0.2, -0.15) is 8.42 Å². The molecule has 2 aliphatic rings. The average molecular weight is 446 g/mol. The number of carbonyl (C=O) groups excluding carboxylic acids is 1. The number of fused-ring (bicyclic) bond motifs is 1. The van der Waals surface area contributed by atoms with Gasteiger partial charge in [0.15, 0.2) is 5.84 Å². The summed E-state index contributed by atoms with van der Waals surface area (Å²) in [7, 11) is -3.87. The van der Waals surface area contributed by atoms with Crippen molar-refractivity contribution in [2.24, 2.45) is 16.0 Å². The minimum Gasteiger partial charge on any atom is -0.508 e. The molecule has 10 nitrogen and oxygen atoms in total. The van der Waals surface area contributed by atoms with Crippen LogP contribution in [0, 0.1) is 5.92 Å². The van der Waals surface area contributed by atoms with Crippen LogP contribution in [0.25, 0.3) is 0 Å². The van der Waals surface area contributed by atoms with E-state index in [0.717, 1.165) is 18.9 Å². The fourth-order valence-electron chi connectivity index (χ4n) is 3.80. The molecule has 164 valence electrons. The van der Waals surface area contributed by atoms with E-state index >= 15 is 0 Å². The van der Waals surface area contributed by atoms with Crippen LogP contribution in [0.4, 0.5) is 5.69 Å². The predicted octanol–water partition coefficient (Wildman–Crippen LogP) is 1.40. The van der Waals surface area contributed by atoms with E-state index in [-0.39, 0.29) is 34.7 Å². The second kappa shape index (κ2) is 7.99. The van der Waals surface area contributed by atoms with Crippen molar-refractivity contribution in [1.82, 2.24) is 4.90 Å². The lowest BCUT2D eigenvalue weighted by Gasteiger charge is -2.33. The topological polar surface area (TPSA) is 155 Å². The Morgan fingerprint density at radius 3 is 2.87 bits per heavy atom. The first-order valence-electron chi connectivity index (χ1n) is 9.69. The third kappa shape index (κ3) is 4.36. The molecular formula is C20H22N4O6S. The second-order valence-corrected chi connectivity index (χ2v) is 8.84. The number of nitrogens with two attached hydrogens (primary N) is 1. The van der Waals surface area contributed by atoms with Gasteiger partial charge < -0.3 is 25.6 Å². The number of nitrogens with zero attached hydrogens (tertiary/aromatic N) is 2. The first-order valence-corrected chi connectivity index (χ1v) is 11.1. The van der Waals surface area contributed by atoms with E-state index in [1.54, 1.807) is 23.1 Å². The van der Waals surface area contributed by atoms with Crippen molar-refractivity contribution in [3.05, 3.63) is 47.5 Å². The number of aromatic hydroxyl groups is 2. The van der Waals surface area contributed by atoms with Gasteiger partial charge in [0.25, 0.3) is 5.91 Å². The number of hydrogen-bond acceptors (Lipinski definition) is 7. The Hall–Kier alpha value is -3.47. The van der Waals surface area contributed by atoms with Crippen LogP contribution in [0.1, 0.15) is 28.8 Å². The Kier molecular flexibility index (Phi) is 5.36. The average Bonchev–Trinajstić information content (AvgIpc) is 2.71. The highest BCUT2D eigenvalue weighted by molar-refractivity contribution is 7.91. The lowest BCUT2D eigenvalue weighted by Crippen LogP contribution is -2.41. The van der Waals surface area contributed by atoms with Crippen LogP contribution in [0.15, 0.2) is 40.8 Å². The fraction of sp³-hybridized carbons (Fsp3) is 0.300. The van der Waals surface area contributed by atoms with Gasteiger partial charge in [-0.3, -0.25) is 9.52 Å². The van der Waals surface area contributed by atoms with Gasteiger partial charge in [0.2, 0.25) is 0 Å². The molecule has 1 fully saturated rings. The maximum atomic E-state index is 12.8. The summed E-state index contributed by atoms with van der Waals surface area (Å²) in [5.74, 6) is -0.406. The Morgan fingerprint density at radius 2 is 2.10 bits per heavy atom. The number of phenolic OH excluding ortho intramolecular Hbond substituents is 2. The summed E-state index contributed by atoms with van der Waals surface area (Å²) < 4.78 is 35.2. The standard InChI is InChI=1S/C20H22N4O6S/c21-19-18-15(22-31(28,29)23-19)4-1-5-17(18)30-11-12-3-2-8-24(10-12)20(27)14-7-6-13(25)9-16(14)26/h1,4-7,9,12,22,25-26H,2-3,8,10-11H2,(H2,21,23). The van der Waals surface area contributed by atoms with Crippen LogP contribution < -0.4 is 15.2 Å². The number of likely N-dealkylation sites (tertiary alicyclic amines) is 1. The van der Waals surface area contributed by atoms with Crippen molar-refractivity contribution in [3.8, 4) is 17.2 Å². The number of benzene rings is 2. The number of hydrogen-bond donors (Lipinski definition) is 4. The van der Waals surface area contributed by atoms with Crippen LogP contribution in [-0.4, -0.2) is 55.0 Å². The maximum Gasteiger partial charge on any atom is 0.344 e. The zero-order chi connectivity index (χ0) is 22.2. The van der Waals surface area contributed by atoms with Crippen molar-refractivity contribution in [2.45, 2.75) is 12.8 Å². The van der Waals surface area contributed by atoms with Crippen LogP contribution in [0.2, 0.25) is 0 Å². The van der Waals surface area contributed by atoms with Crippen molar-refractivity contribution in [3.63, 3.8) is 0 Å². The number of amides is 1. The van der Waals surface area contributed by atoms with Gasteiger partial charge in [-0.15, -0.1) is 4.40 Å². The van der Waals surface area contributed by atoms with Gasteiger partial charge >= 0.3 is 10.2 Å². The Morgan fingerprint density at radius 1 is 1.29 bits per heavy atom. The lowest BCUT2D eigenvalue weighted by molar-refractivity contribution is 0.0630. The van der Waals surface area contributed by atoms with E-state index in [4.69, 9.17) is 10.5 Å². The Balaban J connectivity index is 1.45. The molecule has 0 aliphatic carbocycles. The summed E-state index contributed by atoms with van der Waals surface area (Å²) in [6.07, 6.45) is 1.62.